The third-order valence-corrected chi connectivity index (χ3v) is 8.17. The molecule has 0 saturated carbocycles. The summed E-state index contributed by atoms with van der Waals surface area (Å²) >= 11 is 0. The lowest BCUT2D eigenvalue weighted by Gasteiger charge is -2.34. The van der Waals surface area contributed by atoms with Gasteiger partial charge >= 0.3 is 0 Å². The highest BCUT2D eigenvalue weighted by Gasteiger charge is 2.34. The maximum absolute atomic E-state index is 10.2. The number of aromatic nitrogens is 1. The highest BCUT2D eigenvalue weighted by atomic mass is 16.5. The van der Waals surface area contributed by atoms with Gasteiger partial charge in [0.15, 0.2) is 6.20 Å². The Morgan fingerprint density at radius 2 is 1.49 bits per heavy atom. The Labute approximate surface area is 227 Å². The number of nitrogens with zero attached hydrogens (tertiary/aromatic N) is 2. The van der Waals surface area contributed by atoms with Gasteiger partial charge in [-0.15, -0.1) is 0 Å². The zero-order valence-electron chi connectivity index (χ0n) is 22.4. The molecule has 0 atom stereocenters. The van der Waals surface area contributed by atoms with Crippen LogP contribution in [-0.4, -0.2) is 0 Å². The number of pyridine rings is 1. The van der Waals surface area contributed by atoms with Crippen LogP contribution in [0.4, 0.5) is 0 Å². The molecule has 4 aromatic carbocycles. The number of aryl methyl sites for hydroxylation is 2. The van der Waals surface area contributed by atoms with E-state index in [1.54, 1.807) is 0 Å². The molecule has 1 aliphatic heterocycles. The molecule has 6 aromatic rings. The number of hydrogen-bond donors (Lipinski definition) is 0. The Morgan fingerprint density at radius 1 is 0.769 bits per heavy atom. The minimum Gasteiger partial charge on any atom is -0.457 e. The van der Waals surface area contributed by atoms with Crippen LogP contribution < -0.4 is 9.30 Å². The second-order valence-corrected chi connectivity index (χ2v) is 10.8. The third-order valence-electron chi connectivity index (χ3n) is 8.17. The molecule has 4 nitrogen and oxygen atoms in total. The van der Waals surface area contributed by atoms with Crippen molar-refractivity contribution in [3.63, 3.8) is 0 Å². The smallest absolute Gasteiger partial charge is 0.216 e. The van der Waals surface area contributed by atoms with Crippen LogP contribution in [0.5, 0.6) is 11.5 Å². The predicted octanol–water partition coefficient (Wildman–Crippen LogP) is 8.36. The van der Waals surface area contributed by atoms with Crippen molar-refractivity contribution in [1.29, 1.82) is 5.26 Å². The van der Waals surface area contributed by atoms with Gasteiger partial charge in [-0.25, -0.2) is 4.57 Å². The number of furan rings is 1. The van der Waals surface area contributed by atoms with E-state index in [4.69, 9.17) is 9.15 Å². The summed E-state index contributed by atoms with van der Waals surface area (Å²) in [5, 5.41) is 12.2. The van der Waals surface area contributed by atoms with Crippen LogP contribution in [0.3, 0.4) is 0 Å². The molecule has 0 bridgehead atoms. The molecule has 4 heteroatoms. The van der Waals surface area contributed by atoms with Crippen molar-refractivity contribution in [3.05, 3.63) is 113 Å². The summed E-state index contributed by atoms with van der Waals surface area (Å²) in [5.41, 5.74) is 9.14. The van der Waals surface area contributed by atoms with E-state index in [1.807, 2.05) is 67.8 Å². The molecule has 0 amide bonds. The maximum Gasteiger partial charge on any atom is 0.216 e. The van der Waals surface area contributed by atoms with Gasteiger partial charge in [-0.3, -0.25) is 0 Å². The minimum atomic E-state index is -0.263. The average Bonchev–Trinajstić information content (AvgIpc) is 3.31. The highest BCUT2D eigenvalue weighted by molar-refractivity contribution is 6.14. The zero-order chi connectivity index (χ0) is 26.9. The molecule has 0 aliphatic carbocycles. The van der Waals surface area contributed by atoms with Gasteiger partial charge in [0.2, 0.25) is 5.69 Å². The second kappa shape index (κ2) is 8.31. The molecule has 0 saturated heterocycles. The number of ether oxygens (including phenoxy) is 1. The Balaban J connectivity index is 1.51. The van der Waals surface area contributed by atoms with Gasteiger partial charge in [0.25, 0.3) is 0 Å². The molecule has 1 aliphatic rings. The van der Waals surface area contributed by atoms with Crippen molar-refractivity contribution in [2.24, 2.45) is 7.05 Å². The van der Waals surface area contributed by atoms with Crippen molar-refractivity contribution >= 4 is 21.9 Å². The lowest BCUT2D eigenvalue weighted by molar-refractivity contribution is -0.660. The monoisotopic (exact) mass is 507 g/mol. The van der Waals surface area contributed by atoms with E-state index in [0.29, 0.717) is 5.56 Å². The molecule has 0 spiro atoms. The van der Waals surface area contributed by atoms with Gasteiger partial charge in [0.05, 0.1) is 17.2 Å². The molecule has 0 N–H and O–H groups in total. The first kappa shape index (κ1) is 23.3. The first-order chi connectivity index (χ1) is 18.9. The Kier molecular flexibility index (Phi) is 4.96. The van der Waals surface area contributed by atoms with Gasteiger partial charge in [-0.05, 0) is 54.4 Å². The van der Waals surface area contributed by atoms with Crippen LogP contribution in [0.1, 0.15) is 36.1 Å². The van der Waals surface area contributed by atoms with E-state index >= 15 is 0 Å². The van der Waals surface area contributed by atoms with Gasteiger partial charge < -0.3 is 9.15 Å². The Bertz CT molecular complexity index is 2010. The molecule has 0 unspecified atom stereocenters. The SMILES string of the molecule is Cc1ccc2c(oc3c(-c4ccc5c(c4)C(C)(C)c4ccccc4O5)c(C#N)ccc32)c1-c1cccc[n+]1C. The molecule has 3 heterocycles. The summed E-state index contributed by atoms with van der Waals surface area (Å²) in [6.07, 6.45) is 2.05. The summed E-state index contributed by atoms with van der Waals surface area (Å²) < 4.78 is 15.2. The van der Waals surface area contributed by atoms with E-state index in [0.717, 1.165) is 72.5 Å². The highest BCUT2D eigenvalue weighted by Crippen LogP contribution is 2.50. The minimum absolute atomic E-state index is 0.263. The molecule has 39 heavy (non-hydrogen) atoms. The van der Waals surface area contributed by atoms with Gasteiger partial charge in [0.1, 0.15) is 29.7 Å². The summed E-state index contributed by atoms with van der Waals surface area (Å²) in [6, 6.07) is 31.2. The van der Waals surface area contributed by atoms with Crippen LogP contribution in [0.2, 0.25) is 0 Å². The number of rotatable bonds is 2. The fourth-order valence-corrected chi connectivity index (χ4v) is 6.08. The van der Waals surface area contributed by atoms with Gasteiger partial charge in [-0.1, -0.05) is 50.2 Å². The summed E-state index contributed by atoms with van der Waals surface area (Å²) in [7, 11) is 2.05. The number of para-hydroxylation sites is 1. The van der Waals surface area contributed by atoms with Crippen LogP contribution in [0, 0.1) is 18.3 Å². The van der Waals surface area contributed by atoms with Gasteiger partial charge in [0, 0.05) is 45.0 Å². The Hall–Kier alpha value is -4.88. The van der Waals surface area contributed by atoms with Gasteiger partial charge in [-0.2, -0.15) is 5.26 Å². The topological polar surface area (TPSA) is 50.0 Å². The number of nitriles is 1. The number of fused-ring (bicyclic) bond motifs is 5. The van der Waals surface area contributed by atoms with Crippen molar-refractivity contribution < 1.29 is 13.7 Å². The molecule has 7 rings (SSSR count). The standard InChI is InChI=1S/C35H27N2O2/c1-21-12-15-24-25-16-13-23(20-36)32(34(25)39-33(24)31(21)28-10-7-8-18-37(28)4)22-14-17-30-27(19-22)35(2,3)26-9-5-6-11-29(26)38-30/h5-19H,1-4H3/q+1. The quantitative estimate of drug-likeness (QED) is 0.221. The first-order valence-electron chi connectivity index (χ1n) is 13.1. The van der Waals surface area contributed by atoms with Crippen LogP contribution in [-0.2, 0) is 12.5 Å². The molecule has 0 fully saturated rings. The fourth-order valence-electron chi connectivity index (χ4n) is 6.08. The summed E-state index contributed by atoms with van der Waals surface area (Å²) in [6.45, 7) is 6.55. The van der Waals surface area contributed by atoms with Crippen LogP contribution in [0.15, 0.2) is 95.5 Å². The van der Waals surface area contributed by atoms with Crippen molar-refractivity contribution in [3.8, 4) is 40.0 Å². The molecule has 0 radical (unpaired) electrons. The van der Waals surface area contributed by atoms with E-state index < -0.39 is 0 Å². The average molecular weight is 508 g/mol. The van der Waals surface area contributed by atoms with Crippen molar-refractivity contribution in [1.82, 2.24) is 0 Å². The fraction of sp³-hybridized carbons (Fsp3) is 0.143. The van der Waals surface area contributed by atoms with E-state index in [2.05, 4.69) is 61.7 Å². The van der Waals surface area contributed by atoms with Crippen LogP contribution in [0.25, 0.3) is 44.3 Å². The largest absolute Gasteiger partial charge is 0.457 e. The first-order valence-corrected chi connectivity index (χ1v) is 13.1. The molecule has 2 aromatic heterocycles. The third kappa shape index (κ3) is 3.33. The van der Waals surface area contributed by atoms with Crippen molar-refractivity contribution in [2.45, 2.75) is 26.2 Å². The van der Waals surface area contributed by atoms with E-state index in [-0.39, 0.29) is 5.41 Å². The maximum atomic E-state index is 10.2. The zero-order valence-corrected chi connectivity index (χ0v) is 22.4. The lowest BCUT2D eigenvalue weighted by atomic mass is 9.75. The second-order valence-electron chi connectivity index (χ2n) is 10.8. The molecular weight excluding hydrogens is 480 g/mol. The molecular formula is C35H27N2O2+. The van der Waals surface area contributed by atoms with E-state index in [9.17, 15) is 5.26 Å². The lowest BCUT2D eigenvalue weighted by Crippen LogP contribution is -2.30. The number of benzene rings is 4. The predicted molar refractivity (Wildman–Crippen MR) is 154 cm³/mol. The summed E-state index contributed by atoms with van der Waals surface area (Å²) in [4.78, 5) is 0. The van der Waals surface area contributed by atoms with Crippen molar-refractivity contribution in [2.75, 3.05) is 0 Å². The summed E-state index contributed by atoms with van der Waals surface area (Å²) in [5.74, 6) is 1.73. The normalized spacial score (nSPS) is 13.5. The van der Waals surface area contributed by atoms with E-state index in [1.165, 1.54) is 0 Å². The number of hydrogen-bond acceptors (Lipinski definition) is 3. The van der Waals surface area contributed by atoms with Crippen LogP contribution >= 0.6 is 0 Å². The Morgan fingerprint density at radius 3 is 2.28 bits per heavy atom. The molecule has 188 valence electrons.